The predicted molar refractivity (Wildman–Crippen MR) is 60.3 cm³/mol. The SMILES string of the molecule is C[C@@H]1CCCCC[C@H](O)C(=O)[C@H](O)CC(=O)O1. The van der Waals surface area contributed by atoms with Crippen LogP contribution < -0.4 is 0 Å². The highest BCUT2D eigenvalue weighted by atomic mass is 16.5. The molecule has 17 heavy (non-hydrogen) atoms. The maximum atomic E-state index is 11.5. The third-order valence-corrected chi connectivity index (χ3v) is 2.94. The fraction of sp³-hybridized carbons (Fsp3) is 0.833. The average molecular weight is 244 g/mol. The summed E-state index contributed by atoms with van der Waals surface area (Å²) in [5.41, 5.74) is 0. The third-order valence-electron chi connectivity index (χ3n) is 2.94. The summed E-state index contributed by atoms with van der Waals surface area (Å²) < 4.78 is 5.04. The lowest BCUT2D eigenvalue weighted by Gasteiger charge is -2.18. The monoisotopic (exact) mass is 244 g/mol. The third kappa shape index (κ3) is 4.83. The number of hydrogen-bond donors (Lipinski definition) is 2. The second-order valence-electron chi connectivity index (χ2n) is 4.58. The Morgan fingerprint density at radius 1 is 1.06 bits per heavy atom. The van der Waals surface area contributed by atoms with Crippen LogP contribution in [-0.2, 0) is 14.3 Å². The molecule has 0 bridgehead atoms. The summed E-state index contributed by atoms with van der Waals surface area (Å²) in [4.78, 5) is 22.8. The largest absolute Gasteiger partial charge is 0.463 e. The quantitative estimate of drug-likeness (QED) is 0.608. The van der Waals surface area contributed by atoms with Crippen LogP contribution in [0.5, 0.6) is 0 Å². The molecular formula is C12H20O5. The molecule has 1 heterocycles. The van der Waals surface area contributed by atoms with Gasteiger partial charge in [-0.25, -0.2) is 0 Å². The van der Waals surface area contributed by atoms with E-state index in [0.717, 1.165) is 25.7 Å². The number of carbonyl (C=O) groups is 2. The van der Waals surface area contributed by atoms with Crippen molar-refractivity contribution in [2.24, 2.45) is 0 Å². The topological polar surface area (TPSA) is 83.8 Å². The first-order chi connectivity index (χ1) is 8.00. The van der Waals surface area contributed by atoms with E-state index in [1.807, 2.05) is 0 Å². The fourth-order valence-electron chi connectivity index (χ4n) is 1.90. The number of aliphatic hydroxyl groups excluding tert-OH is 2. The summed E-state index contributed by atoms with van der Waals surface area (Å²) >= 11 is 0. The number of aliphatic hydroxyl groups is 2. The van der Waals surface area contributed by atoms with Crippen LogP contribution in [0.2, 0.25) is 0 Å². The van der Waals surface area contributed by atoms with Crippen molar-refractivity contribution < 1.29 is 24.5 Å². The Kier molecular flexibility index (Phi) is 5.58. The number of ether oxygens (including phenoxy) is 1. The van der Waals surface area contributed by atoms with Gasteiger partial charge in [0.1, 0.15) is 12.2 Å². The Labute approximate surface area is 101 Å². The highest BCUT2D eigenvalue weighted by Gasteiger charge is 2.26. The molecule has 1 fully saturated rings. The number of hydrogen-bond acceptors (Lipinski definition) is 5. The van der Waals surface area contributed by atoms with Gasteiger partial charge in [-0.3, -0.25) is 9.59 Å². The number of carbonyl (C=O) groups excluding carboxylic acids is 2. The van der Waals surface area contributed by atoms with Gasteiger partial charge in [-0.1, -0.05) is 12.8 Å². The molecule has 0 saturated carbocycles. The highest BCUT2D eigenvalue weighted by Crippen LogP contribution is 2.14. The van der Waals surface area contributed by atoms with Crippen LogP contribution in [0.3, 0.4) is 0 Å². The Bertz CT molecular complexity index is 276. The van der Waals surface area contributed by atoms with E-state index in [0.29, 0.717) is 6.42 Å². The van der Waals surface area contributed by atoms with Crippen LogP contribution in [0.4, 0.5) is 0 Å². The first-order valence-electron chi connectivity index (χ1n) is 6.10. The minimum Gasteiger partial charge on any atom is -0.463 e. The van der Waals surface area contributed by atoms with Crippen molar-refractivity contribution in [3.63, 3.8) is 0 Å². The van der Waals surface area contributed by atoms with Crippen molar-refractivity contribution in [3.05, 3.63) is 0 Å². The maximum absolute atomic E-state index is 11.5. The van der Waals surface area contributed by atoms with Gasteiger partial charge in [0.2, 0.25) is 0 Å². The maximum Gasteiger partial charge on any atom is 0.309 e. The molecule has 1 saturated heterocycles. The van der Waals surface area contributed by atoms with Gasteiger partial charge >= 0.3 is 5.97 Å². The molecule has 98 valence electrons. The lowest BCUT2D eigenvalue weighted by atomic mass is 10.0. The molecule has 5 nitrogen and oxygen atoms in total. The van der Waals surface area contributed by atoms with Crippen molar-refractivity contribution in [2.45, 2.75) is 63.8 Å². The summed E-state index contributed by atoms with van der Waals surface area (Å²) in [5, 5.41) is 19.0. The zero-order chi connectivity index (χ0) is 12.8. The summed E-state index contributed by atoms with van der Waals surface area (Å²) in [5.74, 6) is -1.28. The molecule has 1 rings (SSSR count). The number of ketones is 1. The van der Waals surface area contributed by atoms with E-state index in [4.69, 9.17) is 4.74 Å². The molecule has 0 aromatic rings. The predicted octanol–water partition coefficient (Wildman–Crippen LogP) is 0.563. The molecular weight excluding hydrogens is 224 g/mol. The van der Waals surface area contributed by atoms with E-state index in [9.17, 15) is 19.8 Å². The first kappa shape index (κ1) is 14.1. The highest BCUT2D eigenvalue weighted by molar-refractivity contribution is 5.90. The molecule has 3 atom stereocenters. The normalized spacial score (nSPS) is 33.5. The lowest BCUT2D eigenvalue weighted by molar-refractivity contribution is -0.154. The molecule has 0 aliphatic carbocycles. The standard InChI is InChI=1S/C12H20O5/c1-8-5-3-2-4-6-9(13)12(16)10(14)7-11(15)17-8/h8-10,13-14H,2-7H2,1H3/t8-,9+,10-/m1/s1. The van der Waals surface area contributed by atoms with E-state index in [2.05, 4.69) is 0 Å². The van der Waals surface area contributed by atoms with Gasteiger partial charge < -0.3 is 14.9 Å². The van der Waals surface area contributed by atoms with Crippen molar-refractivity contribution >= 4 is 11.8 Å². The number of esters is 1. The van der Waals surface area contributed by atoms with Crippen LogP contribution in [0.25, 0.3) is 0 Å². The van der Waals surface area contributed by atoms with E-state index < -0.39 is 24.0 Å². The summed E-state index contributed by atoms with van der Waals surface area (Å²) in [6, 6.07) is 0. The van der Waals surface area contributed by atoms with E-state index >= 15 is 0 Å². The van der Waals surface area contributed by atoms with Crippen LogP contribution >= 0.6 is 0 Å². The molecule has 5 heteroatoms. The first-order valence-corrected chi connectivity index (χ1v) is 6.10. The number of rotatable bonds is 0. The van der Waals surface area contributed by atoms with Crippen LogP contribution in [0, 0.1) is 0 Å². The van der Waals surface area contributed by atoms with Crippen molar-refractivity contribution in [3.8, 4) is 0 Å². The molecule has 0 spiro atoms. The molecule has 1 aliphatic heterocycles. The average Bonchev–Trinajstić information content (AvgIpc) is 2.25. The van der Waals surface area contributed by atoms with E-state index in [-0.39, 0.29) is 12.5 Å². The lowest BCUT2D eigenvalue weighted by Crippen LogP contribution is -2.35. The molecule has 2 N–H and O–H groups in total. The minimum absolute atomic E-state index is 0.186. The van der Waals surface area contributed by atoms with Crippen LogP contribution in [-0.4, -0.2) is 40.3 Å². The molecule has 0 radical (unpaired) electrons. The van der Waals surface area contributed by atoms with Gasteiger partial charge in [-0.2, -0.15) is 0 Å². The molecule has 0 amide bonds. The second kappa shape index (κ2) is 6.71. The molecule has 0 unspecified atom stereocenters. The Morgan fingerprint density at radius 3 is 2.41 bits per heavy atom. The zero-order valence-electron chi connectivity index (χ0n) is 10.1. The summed E-state index contributed by atoms with van der Waals surface area (Å²) in [7, 11) is 0. The Balaban J connectivity index is 2.61. The molecule has 1 aliphatic rings. The Hall–Kier alpha value is -0.940. The summed E-state index contributed by atoms with van der Waals surface area (Å²) in [6.07, 6.45) is 0.444. The van der Waals surface area contributed by atoms with Gasteiger partial charge in [0.05, 0.1) is 12.5 Å². The number of Topliss-reactive ketones (excluding diaryl/α,β-unsaturated/α-hetero) is 1. The number of cyclic esters (lactones) is 1. The fourth-order valence-corrected chi connectivity index (χ4v) is 1.90. The van der Waals surface area contributed by atoms with Crippen molar-refractivity contribution in [1.29, 1.82) is 0 Å². The van der Waals surface area contributed by atoms with Crippen LogP contribution in [0.15, 0.2) is 0 Å². The summed E-state index contributed by atoms with van der Waals surface area (Å²) in [6.45, 7) is 1.80. The van der Waals surface area contributed by atoms with E-state index in [1.165, 1.54) is 0 Å². The smallest absolute Gasteiger partial charge is 0.309 e. The Morgan fingerprint density at radius 2 is 1.71 bits per heavy atom. The van der Waals surface area contributed by atoms with Gasteiger partial charge in [0.25, 0.3) is 0 Å². The second-order valence-corrected chi connectivity index (χ2v) is 4.58. The minimum atomic E-state index is -1.45. The van der Waals surface area contributed by atoms with E-state index in [1.54, 1.807) is 6.92 Å². The van der Waals surface area contributed by atoms with Crippen molar-refractivity contribution in [2.75, 3.05) is 0 Å². The molecule has 0 aromatic carbocycles. The van der Waals surface area contributed by atoms with Gasteiger partial charge in [-0.15, -0.1) is 0 Å². The zero-order valence-corrected chi connectivity index (χ0v) is 10.1. The van der Waals surface area contributed by atoms with Gasteiger partial charge in [0.15, 0.2) is 5.78 Å². The van der Waals surface area contributed by atoms with Gasteiger partial charge in [-0.05, 0) is 26.2 Å². The van der Waals surface area contributed by atoms with Crippen molar-refractivity contribution in [1.82, 2.24) is 0 Å². The molecule has 0 aromatic heterocycles. The van der Waals surface area contributed by atoms with Gasteiger partial charge in [0, 0.05) is 0 Å². The van der Waals surface area contributed by atoms with Crippen LogP contribution in [0.1, 0.15) is 45.4 Å².